The Labute approximate surface area is 166 Å². The zero-order valence-electron chi connectivity index (χ0n) is 16.8. The summed E-state index contributed by atoms with van der Waals surface area (Å²) in [5, 5.41) is 0. The second-order valence-electron chi connectivity index (χ2n) is 7.73. The summed E-state index contributed by atoms with van der Waals surface area (Å²) < 4.78 is 0. The zero-order chi connectivity index (χ0) is 19.5. The van der Waals surface area contributed by atoms with Gasteiger partial charge in [-0.2, -0.15) is 0 Å². The predicted octanol–water partition coefficient (Wildman–Crippen LogP) is 2.46. The second-order valence-corrected chi connectivity index (χ2v) is 7.73. The minimum atomic E-state index is 0.115. The van der Waals surface area contributed by atoms with Gasteiger partial charge in [-0.1, -0.05) is 13.3 Å². The minimum absolute atomic E-state index is 0.115. The number of nitrogens with zero attached hydrogens (tertiary/aromatic N) is 6. The molecule has 0 saturated carbocycles. The standard InChI is InChI=1S/C21H28N6O/c1-3-20-22-10-16(11-23-20)13-27-8-5-4-6-19(27)21-24-12-17-14-26(15(2)28)9-7-18(17)25-21/h10-12,19H,3-9,13-14H2,1-2H3/t19-/m0/s1. The van der Waals surface area contributed by atoms with Gasteiger partial charge in [-0.05, 0) is 19.4 Å². The van der Waals surface area contributed by atoms with Crippen LogP contribution in [0.5, 0.6) is 0 Å². The molecule has 0 bridgehead atoms. The molecule has 1 atom stereocenters. The zero-order valence-corrected chi connectivity index (χ0v) is 16.8. The molecule has 0 radical (unpaired) electrons. The number of carbonyl (C=O) groups excluding carboxylic acids is 1. The quantitative estimate of drug-likeness (QED) is 0.811. The van der Waals surface area contributed by atoms with E-state index in [2.05, 4.69) is 21.8 Å². The molecule has 7 heteroatoms. The van der Waals surface area contributed by atoms with E-state index < -0.39 is 0 Å². The molecule has 2 aromatic heterocycles. The van der Waals surface area contributed by atoms with Crippen molar-refractivity contribution in [1.29, 1.82) is 0 Å². The Morgan fingerprint density at radius 3 is 2.71 bits per heavy atom. The maximum Gasteiger partial charge on any atom is 0.219 e. The molecule has 1 fully saturated rings. The molecule has 2 aliphatic heterocycles. The molecule has 28 heavy (non-hydrogen) atoms. The largest absolute Gasteiger partial charge is 0.338 e. The Hall–Kier alpha value is -2.41. The van der Waals surface area contributed by atoms with Crippen LogP contribution in [0.15, 0.2) is 18.6 Å². The monoisotopic (exact) mass is 380 g/mol. The van der Waals surface area contributed by atoms with Crippen molar-refractivity contribution >= 4 is 5.91 Å². The molecule has 4 rings (SSSR count). The van der Waals surface area contributed by atoms with Gasteiger partial charge in [-0.25, -0.2) is 19.9 Å². The SMILES string of the molecule is CCc1ncc(CN2CCCC[C@H]2c2ncc3c(n2)CCN(C(C)=O)C3)cn1. The predicted molar refractivity (Wildman–Crippen MR) is 105 cm³/mol. The van der Waals surface area contributed by atoms with Crippen LogP contribution in [0.4, 0.5) is 0 Å². The first-order chi connectivity index (χ1) is 13.6. The third-order valence-corrected chi connectivity index (χ3v) is 5.77. The third kappa shape index (κ3) is 4.04. The van der Waals surface area contributed by atoms with Crippen molar-refractivity contribution in [1.82, 2.24) is 29.7 Å². The van der Waals surface area contributed by atoms with E-state index in [1.807, 2.05) is 23.5 Å². The lowest BCUT2D eigenvalue weighted by molar-refractivity contribution is -0.129. The van der Waals surface area contributed by atoms with E-state index in [-0.39, 0.29) is 11.9 Å². The van der Waals surface area contributed by atoms with Crippen molar-refractivity contribution in [2.24, 2.45) is 0 Å². The summed E-state index contributed by atoms with van der Waals surface area (Å²) in [4.78, 5) is 34.5. The molecule has 4 heterocycles. The maximum atomic E-state index is 11.6. The molecule has 148 valence electrons. The number of aryl methyl sites for hydroxylation is 1. The average Bonchev–Trinajstić information content (AvgIpc) is 2.74. The lowest BCUT2D eigenvalue weighted by Crippen LogP contribution is -2.37. The van der Waals surface area contributed by atoms with E-state index in [4.69, 9.17) is 9.97 Å². The van der Waals surface area contributed by atoms with Crippen molar-refractivity contribution in [3.63, 3.8) is 0 Å². The van der Waals surface area contributed by atoms with Gasteiger partial charge in [0.1, 0.15) is 11.6 Å². The normalized spacial score (nSPS) is 20.1. The van der Waals surface area contributed by atoms with Gasteiger partial charge in [-0.15, -0.1) is 0 Å². The number of hydrogen-bond acceptors (Lipinski definition) is 6. The number of aromatic nitrogens is 4. The third-order valence-electron chi connectivity index (χ3n) is 5.77. The first kappa shape index (κ1) is 18.9. The molecule has 7 nitrogen and oxygen atoms in total. The van der Waals surface area contributed by atoms with Crippen LogP contribution in [0.1, 0.15) is 67.6 Å². The number of fused-ring (bicyclic) bond motifs is 1. The van der Waals surface area contributed by atoms with E-state index >= 15 is 0 Å². The van der Waals surface area contributed by atoms with Crippen LogP contribution in [0.25, 0.3) is 0 Å². The van der Waals surface area contributed by atoms with Gasteiger partial charge in [-0.3, -0.25) is 9.69 Å². The fourth-order valence-electron chi connectivity index (χ4n) is 4.11. The highest BCUT2D eigenvalue weighted by atomic mass is 16.2. The number of hydrogen-bond donors (Lipinski definition) is 0. The van der Waals surface area contributed by atoms with Crippen molar-refractivity contribution in [3.8, 4) is 0 Å². The summed E-state index contributed by atoms with van der Waals surface area (Å²) in [6.07, 6.45) is 11.0. The topological polar surface area (TPSA) is 75.1 Å². The number of likely N-dealkylation sites (tertiary alicyclic amines) is 1. The molecule has 1 amide bonds. The summed E-state index contributed by atoms with van der Waals surface area (Å²) in [5.41, 5.74) is 3.32. The van der Waals surface area contributed by atoms with Crippen LogP contribution in [-0.2, 0) is 30.7 Å². The summed E-state index contributed by atoms with van der Waals surface area (Å²) in [7, 11) is 0. The molecule has 2 aliphatic rings. The van der Waals surface area contributed by atoms with Gasteiger partial charge >= 0.3 is 0 Å². The van der Waals surface area contributed by atoms with Crippen LogP contribution in [0, 0.1) is 0 Å². The van der Waals surface area contributed by atoms with Gasteiger partial charge in [0.05, 0.1) is 11.7 Å². The van der Waals surface area contributed by atoms with E-state index in [1.165, 1.54) is 12.8 Å². The molecule has 0 spiro atoms. The first-order valence-corrected chi connectivity index (χ1v) is 10.3. The molecule has 0 unspecified atom stereocenters. The maximum absolute atomic E-state index is 11.6. The number of carbonyl (C=O) groups is 1. The van der Waals surface area contributed by atoms with Crippen molar-refractivity contribution in [2.45, 2.75) is 65.1 Å². The molecule has 2 aromatic rings. The lowest BCUT2D eigenvalue weighted by Gasteiger charge is -2.35. The van der Waals surface area contributed by atoms with E-state index in [1.54, 1.807) is 6.92 Å². The second kappa shape index (κ2) is 8.31. The van der Waals surface area contributed by atoms with Gasteiger partial charge in [0.15, 0.2) is 0 Å². The molecule has 0 aliphatic carbocycles. The van der Waals surface area contributed by atoms with Crippen LogP contribution < -0.4 is 0 Å². The Balaban J connectivity index is 1.52. The highest BCUT2D eigenvalue weighted by Crippen LogP contribution is 2.31. The highest BCUT2D eigenvalue weighted by Gasteiger charge is 2.28. The summed E-state index contributed by atoms with van der Waals surface area (Å²) in [6, 6.07) is 0.232. The van der Waals surface area contributed by atoms with E-state index in [0.717, 1.165) is 67.4 Å². The van der Waals surface area contributed by atoms with Crippen LogP contribution in [0.2, 0.25) is 0 Å². The Morgan fingerprint density at radius 1 is 1.14 bits per heavy atom. The molecular weight excluding hydrogens is 352 g/mol. The van der Waals surface area contributed by atoms with Crippen molar-refractivity contribution in [2.75, 3.05) is 13.1 Å². The summed E-state index contributed by atoms with van der Waals surface area (Å²) >= 11 is 0. The molecular formula is C21H28N6O. The molecule has 0 aromatic carbocycles. The van der Waals surface area contributed by atoms with Crippen molar-refractivity contribution in [3.05, 3.63) is 47.1 Å². The highest BCUT2D eigenvalue weighted by molar-refractivity contribution is 5.73. The van der Waals surface area contributed by atoms with Gasteiger partial charge in [0, 0.05) is 69.1 Å². The number of piperidine rings is 1. The Morgan fingerprint density at radius 2 is 1.96 bits per heavy atom. The fourth-order valence-corrected chi connectivity index (χ4v) is 4.11. The number of amides is 1. The Bertz CT molecular complexity index is 837. The Kier molecular flexibility index (Phi) is 5.62. The first-order valence-electron chi connectivity index (χ1n) is 10.3. The minimum Gasteiger partial charge on any atom is -0.338 e. The van der Waals surface area contributed by atoms with Crippen LogP contribution in [-0.4, -0.2) is 48.7 Å². The lowest BCUT2D eigenvalue weighted by atomic mass is 10.00. The van der Waals surface area contributed by atoms with Gasteiger partial charge in [0.2, 0.25) is 5.91 Å². The summed E-state index contributed by atoms with van der Waals surface area (Å²) in [6.45, 7) is 6.93. The van der Waals surface area contributed by atoms with E-state index in [9.17, 15) is 4.79 Å². The van der Waals surface area contributed by atoms with Crippen molar-refractivity contribution < 1.29 is 4.79 Å². The average molecular weight is 380 g/mol. The van der Waals surface area contributed by atoms with E-state index in [0.29, 0.717) is 6.54 Å². The smallest absolute Gasteiger partial charge is 0.219 e. The fraction of sp³-hybridized carbons (Fsp3) is 0.571. The molecule has 1 saturated heterocycles. The van der Waals surface area contributed by atoms with Crippen LogP contribution >= 0.6 is 0 Å². The number of rotatable bonds is 4. The van der Waals surface area contributed by atoms with Gasteiger partial charge in [0.25, 0.3) is 0 Å². The van der Waals surface area contributed by atoms with Crippen LogP contribution in [0.3, 0.4) is 0 Å². The summed E-state index contributed by atoms with van der Waals surface area (Å²) in [5.74, 6) is 1.92. The molecule has 0 N–H and O–H groups in total. The van der Waals surface area contributed by atoms with Gasteiger partial charge < -0.3 is 4.90 Å².